The molecule has 146 valence electrons. The van der Waals surface area contributed by atoms with Crippen LogP contribution < -0.4 is 5.32 Å². The minimum atomic E-state index is -0.567. The summed E-state index contributed by atoms with van der Waals surface area (Å²) in [7, 11) is 0. The van der Waals surface area contributed by atoms with Crippen molar-refractivity contribution in [3.8, 4) is 11.3 Å². The molecule has 3 aromatic rings. The highest BCUT2D eigenvalue weighted by atomic mass is 32.2. The van der Waals surface area contributed by atoms with Gasteiger partial charge in [0, 0.05) is 16.9 Å². The van der Waals surface area contributed by atoms with Crippen molar-refractivity contribution < 1.29 is 13.6 Å². The summed E-state index contributed by atoms with van der Waals surface area (Å²) < 4.78 is 27.2. The van der Waals surface area contributed by atoms with Crippen molar-refractivity contribution in [2.75, 3.05) is 11.1 Å². The van der Waals surface area contributed by atoms with Crippen LogP contribution in [0.1, 0.15) is 37.4 Å². The van der Waals surface area contributed by atoms with Crippen LogP contribution in [0.2, 0.25) is 0 Å². The second kappa shape index (κ2) is 8.36. The smallest absolute Gasteiger partial charge is 0.236 e. The molecular formula is C18H17F2N5OS2. The number of benzene rings is 1. The normalized spacial score (nSPS) is 14.5. The summed E-state index contributed by atoms with van der Waals surface area (Å²) in [5.41, 5.74) is 0.339. The molecule has 6 nitrogen and oxygen atoms in total. The second-order valence-corrected chi connectivity index (χ2v) is 8.28. The number of hydrogen-bond donors (Lipinski definition) is 2. The van der Waals surface area contributed by atoms with Gasteiger partial charge in [-0.15, -0.1) is 16.4 Å². The third-order valence-corrected chi connectivity index (χ3v) is 6.12. The number of hydrogen-bond acceptors (Lipinski definition) is 6. The van der Waals surface area contributed by atoms with Gasteiger partial charge in [0.05, 0.1) is 11.4 Å². The number of carbonyl (C=O) groups excluding carboxylic acids is 1. The van der Waals surface area contributed by atoms with E-state index in [-0.39, 0.29) is 22.9 Å². The zero-order chi connectivity index (χ0) is 19.5. The van der Waals surface area contributed by atoms with Gasteiger partial charge in [-0.2, -0.15) is 0 Å². The van der Waals surface area contributed by atoms with Crippen molar-refractivity contribution in [2.45, 2.75) is 36.8 Å². The van der Waals surface area contributed by atoms with Crippen molar-refractivity contribution in [1.29, 1.82) is 0 Å². The monoisotopic (exact) mass is 421 g/mol. The average molecular weight is 421 g/mol. The zero-order valence-electron chi connectivity index (χ0n) is 14.7. The molecule has 2 heterocycles. The second-order valence-electron chi connectivity index (χ2n) is 6.48. The Bertz CT molecular complexity index is 984. The Labute approximate surface area is 168 Å². The highest BCUT2D eigenvalue weighted by molar-refractivity contribution is 7.99. The highest BCUT2D eigenvalue weighted by Crippen LogP contribution is 2.32. The summed E-state index contributed by atoms with van der Waals surface area (Å²) >= 11 is 2.39. The molecule has 1 aromatic carbocycles. The van der Waals surface area contributed by atoms with Gasteiger partial charge in [0.1, 0.15) is 17.5 Å². The summed E-state index contributed by atoms with van der Waals surface area (Å²) in [6.45, 7) is 0. The van der Waals surface area contributed by atoms with Crippen LogP contribution in [0.5, 0.6) is 0 Å². The Balaban J connectivity index is 1.33. The molecule has 1 aliphatic rings. The van der Waals surface area contributed by atoms with E-state index in [1.54, 1.807) is 5.38 Å². The van der Waals surface area contributed by atoms with Crippen LogP contribution in [0.4, 0.5) is 13.9 Å². The number of rotatable bonds is 6. The van der Waals surface area contributed by atoms with Gasteiger partial charge in [0.25, 0.3) is 0 Å². The largest absolute Gasteiger partial charge is 0.301 e. The molecular weight excluding hydrogens is 404 g/mol. The maximum atomic E-state index is 13.8. The van der Waals surface area contributed by atoms with Crippen molar-refractivity contribution in [2.24, 2.45) is 0 Å². The minimum absolute atomic E-state index is 0.0614. The molecule has 4 rings (SSSR count). The maximum Gasteiger partial charge on any atom is 0.236 e. The van der Waals surface area contributed by atoms with Crippen molar-refractivity contribution in [3.63, 3.8) is 0 Å². The van der Waals surface area contributed by atoms with Gasteiger partial charge in [0.2, 0.25) is 11.1 Å². The fourth-order valence-electron chi connectivity index (χ4n) is 3.14. The van der Waals surface area contributed by atoms with Crippen LogP contribution in [0.3, 0.4) is 0 Å². The van der Waals surface area contributed by atoms with Gasteiger partial charge >= 0.3 is 0 Å². The zero-order valence-corrected chi connectivity index (χ0v) is 16.4. The van der Waals surface area contributed by atoms with E-state index >= 15 is 0 Å². The molecule has 0 spiro atoms. The van der Waals surface area contributed by atoms with E-state index < -0.39 is 11.6 Å². The first-order valence-electron chi connectivity index (χ1n) is 8.84. The molecule has 28 heavy (non-hydrogen) atoms. The third kappa shape index (κ3) is 4.39. The molecule has 0 saturated heterocycles. The molecule has 0 atom stereocenters. The van der Waals surface area contributed by atoms with E-state index in [1.807, 2.05) is 0 Å². The van der Waals surface area contributed by atoms with E-state index in [0.29, 0.717) is 16.2 Å². The summed E-state index contributed by atoms with van der Waals surface area (Å²) in [6.07, 6.45) is 4.67. The Morgan fingerprint density at radius 2 is 2.11 bits per heavy atom. The van der Waals surface area contributed by atoms with Gasteiger partial charge < -0.3 is 5.32 Å². The van der Waals surface area contributed by atoms with E-state index in [9.17, 15) is 13.6 Å². The predicted molar refractivity (Wildman–Crippen MR) is 104 cm³/mol. The standard InChI is InChI=1S/C18H17F2N5OS2/c19-11-5-6-13(20)12(7-11)14-8-27-17(21-14)22-15(26)9-28-18-23-16(24-25-18)10-3-1-2-4-10/h5-8,10H,1-4,9H2,(H,21,22,26)(H,23,24,25). The highest BCUT2D eigenvalue weighted by Gasteiger charge is 2.21. The molecule has 0 aliphatic heterocycles. The topological polar surface area (TPSA) is 83.6 Å². The minimum Gasteiger partial charge on any atom is -0.301 e. The number of halogens is 2. The number of thiazole rings is 1. The van der Waals surface area contributed by atoms with Crippen LogP contribution >= 0.6 is 23.1 Å². The van der Waals surface area contributed by atoms with Crippen molar-refractivity contribution >= 4 is 34.1 Å². The van der Waals surface area contributed by atoms with E-state index in [0.717, 1.165) is 48.2 Å². The number of carbonyl (C=O) groups is 1. The molecule has 1 amide bonds. The van der Waals surface area contributed by atoms with Crippen LogP contribution in [-0.4, -0.2) is 31.8 Å². The van der Waals surface area contributed by atoms with Gasteiger partial charge in [-0.05, 0) is 31.0 Å². The number of nitrogens with zero attached hydrogens (tertiary/aromatic N) is 3. The molecule has 0 radical (unpaired) electrons. The summed E-state index contributed by atoms with van der Waals surface area (Å²) in [5.74, 6) is 0.0794. The molecule has 2 N–H and O–H groups in total. The Hall–Kier alpha value is -2.33. The Morgan fingerprint density at radius 1 is 1.29 bits per heavy atom. The van der Waals surface area contributed by atoms with Crippen LogP contribution in [0.25, 0.3) is 11.3 Å². The first kappa shape index (κ1) is 19.0. The molecule has 1 aliphatic carbocycles. The lowest BCUT2D eigenvalue weighted by molar-refractivity contribution is -0.113. The SMILES string of the molecule is O=C(CSc1n[nH]c(C2CCCC2)n1)Nc1nc(-c2cc(F)ccc2F)cs1. The fraction of sp³-hybridized carbons (Fsp3) is 0.333. The van der Waals surface area contributed by atoms with E-state index in [4.69, 9.17) is 0 Å². The third-order valence-electron chi connectivity index (χ3n) is 4.51. The molecule has 2 aromatic heterocycles. The first-order valence-corrected chi connectivity index (χ1v) is 10.7. The number of amides is 1. The number of anilines is 1. The van der Waals surface area contributed by atoms with Crippen molar-refractivity contribution in [3.05, 3.63) is 41.0 Å². The predicted octanol–water partition coefficient (Wildman–Crippen LogP) is 4.59. The lowest BCUT2D eigenvalue weighted by atomic mass is 10.1. The number of aromatic amines is 1. The quantitative estimate of drug-likeness (QED) is 0.569. The molecule has 1 saturated carbocycles. The number of thioether (sulfide) groups is 1. The van der Waals surface area contributed by atoms with Gasteiger partial charge in [-0.1, -0.05) is 24.6 Å². The van der Waals surface area contributed by atoms with Gasteiger partial charge in [-0.3, -0.25) is 9.89 Å². The summed E-state index contributed by atoms with van der Waals surface area (Å²) in [4.78, 5) is 20.8. The van der Waals surface area contributed by atoms with Gasteiger partial charge in [-0.25, -0.2) is 18.7 Å². The molecule has 10 heteroatoms. The Kier molecular flexibility index (Phi) is 5.67. The molecule has 0 bridgehead atoms. The number of nitrogens with one attached hydrogen (secondary N) is 2. The fourth-order valence-corrected chi connectivity index (χ4v) is 4.47. The lowest BCUT2D eigenvalue weighted by Gasteiger charge is -2.02. The average Bonchev–Trinajstić information content (AvgIpc) is 3.43. The number of H-pyrrole nitrogens is 1. The van der Waals surface area contributed by atoms with Crippen LogP contribution in [0, 0.1) is 11.6 Å². The summed E-state index contributed by atoms with van der Waals surface area (Å²) in [5, 5.41) is 12.2. The Morgan fingerprint density at radius 3 is 2.93 bits per heavy atom. The molecule has 1 fully saturated rings. The maximum absolute atomic E-state index is 13.8. The lowest BCUT2D eigenvalue weighted by Crippen LogP contribution is -2.13. The summed E-state index contributed by atoms with van der Waals surface area (Å²) in [6, 6.07) is 3.18. The van der Waals surface area contributed by atoms with E-state index in [1.165, 1.54) is 24.6 Å². The van der Waals surface area contributed by atoms with Crippen molar-refractivity contribution in [1.82, 2.24) is 20.2 Å². The van der Waals surface area contributed by atoms with E-state index in [2.05, 4.69) is 25.5 Å². The van der Waals surface area contributed by atoms with Crippen LogP contribution in [-0.2, 0) is 4.79 Å². The van der Waals surface area contributed by atoms with Gasteiger partial charge in [0.15, 0.2) is 5.13 Å². The molecule has 0 unspecified atom stereocenters. The van der Waals surface area contributed by atoms with Crippen LogP contribution in [0.15, 0.2) is 28.7 Å². The first-order chi connectivity index (χ1) is 13.6. The number of aromatic nitrogens is 4.